The summed E-state index contributed by atoms with van der Waals surface area (Å²) in [6, 6.07) is 9.83. The highest BCUT2D eigenvalue weighted by Crippen LogP contribution is 2.14. The second-order valence-electron chi connectivity index (χ2n) is 4.06. The summed E-state index contributed by atoms with van der Waals surface area (Å²) in [6.45, 7) is 0. The number of imidazole rings is 1. The van der Waals surface area contributed by atoms with Crippen molar-refractivity contribution in [2.24, 2.45) is 0 Å². The van der Waals surface area contributed by atoms with Gasteiger partial charge in [0.1, 0.15) is 5.69 Å². The van der Waals surface area contributed by atoms with Crippen LogP contribution in [0.25, 0.3) is 11.0 Å². The van der Waals surface area contributed by atoms with Crippen molar-refractivity contribution < 1.29 is 4.79 Å². The van der Waals surface area contributed by atoms with E-state index in [1.165, 1.54) is 6.20 Å². The standard InChI is InChI=1S/C13H10N4O2/c14-8-4-5-11-10(7-8)16-13(19)17(11)12(18)9-3-1-2-6-15-9/h1-7H,14H2,(H,16,19). The van der Waals surface area contributed by atoms with Crippen molar-refractivity contribution in [1.29, 1.82) is 0 Å². The summed E-state index contributed by atoms with van der Waals surface area (Å²) in [6.07, 6.45) is 1.51. The molecule has 0 bridgehead atoms. The van der Waals surface area contributed by atoms with E-state index in [1.807, 2.05) is 0 Å². The summed E-state index contributed by atoms with van der Waals surface area (Å²) < 4.78 is 1.05. The number of aromatic amines is 1. The molecule has 0 aliphatic rings. The number of nitrogens with one attached hydrogen (secondary N) is 1. The third-order valence-corrected chi connectivity index (χ3v) is 2.79. The molecular formula is C13H10N4O2. The smallest absolute Gasteiger partial charge is 0.333 e. The molecule has 2 heterocycles. The van der Waals surface area contributed by atoms with Crippen molar-refractivity contribution in [3.8, 4) is 0 Å². The van der Waals surface area contributed by atoms with Crippen LogP contribution in [0.3, 0.4) is 0 Å². The monoisotopic (exact) mass is 254 g/mol. The molecule has 0 radical (unpaired) electrons. The van der Waals surface area contributed by atoms with E-state index in [4.69, 9.17) is 5.73 Å². The molecule has 0 aliphatic carbocycles. The maximum Gasteiger partial charge on any atom is 0.333 e. The van der Waals surface area contributed by atoms with Crippen LogP contribution in [0.15, 0.2) is 47.4 Å². The van der Waals surface area contributed by atoms with Crippen molar-refractivity contribution in [2.45, 2.75) is 0 Å². The first-order chi connectivity index (χ1) is 9.16. The Morgan fingerprint density at radius 2 is 2.11 bits per heavy atom. The Kier molecular flexibility index (Phi) is 2.42. The summed E-state index contributed by atoms with van der Waals surface area (Å²) in [5.74, 6) is -0.471. The van der Waals surface area contributed by atoms with Gasteiger partial charge in [-0.15, -0.1) is 0 Å². The van der Waals surface area contributed by atoms with Gasteiger partial charge in [0, 0.05) is 11.9 Å². The predicted octanol–water partition coefficient (Wildman–Crippen LogP) is 0.995. The number of nitrogen functional groups attached to an aromatic ring is 1. The van der Waals surface area contributed by atoms with E-state index in [9.17, 15) is 9.59 Å². The van der Waals surface area contributed by atoms with Gasteiger partial charge in [0.05, 0.1) is 11.0 Å². The van der Waals surface area contributed by atoms with Crippen LogP contribution in [0.5, 0.6) is 0 Å². The molecule has 0 spiro atoms. The Bertz CT molecular complexity index is 818. The third kappa shape index (κ3) is 1.79. The zero-order valence-electron chi connectivity index (χ0n) is 9.83. The second-order valence-corrected chi connectivity index (χ2v) is 4.06. The van der Waals surface area contributed by atoms with Crippen molar-refractivity contribution in [3.05, 3.63) is 58.8 Å². The van der Waals surface area contributed by atoms with Crippen LogP contribution in [-0.2, 0) is 0 Å². The number of fused-ring (bicyclic) bond motifs is 1. The van der Waals surface area contributed by atoms with Crippen molar-refractivity contribution in [2.75, 3.05) is 5.73 Å². The average molecular weight is 254 g/mol. The Balaban J connectivity index is 2.23. The number of hydrogen-bond acceptors (Lipinski definition) is 4. The molecule has 94 valence electrons. The number of carbonyl (C=O) groups excluding carboxylic acids is 1. The Labute approximate surface area is 107 Å². The lowest BCUT2D eigenvalue weighted by Crippen LogP contribution is -2.25. The topological polar surface area (TPSA) is 93.8 Å². The van der Waals surface area contributed by atoms with E-state index in [2.05, 4.69) is 9.97 Å². The molecule has 3 aromatic rings. The number of nitrogens with two attached hydrogens (primary N) is 1. The van der Waals surface area contributed by atoms with E-state index in [0.29, 0.717) is 16.7 Å². The summed E-state index contributed by atoms with van der Waals surface area (Å²) in [7, 11) is 0. The minimum absolute atomic E-state index is 0.210. The minimum atomic E-state index is -0.503. The first-order valence-corrected chi connectivity index (χ1v) is 5.63. The van der Waals surface area contributed by atoms with E-state index < -0.39 is 11.6 Å². The van der Waals surface area contributed by atoms with Gasteiger partial charge in [-0.25, -0.2) is 9.36 Å². The fourth-order valence-electron chi connectivity index (χ4n) is 1.93. The highest BCUT2D eigenvalue weighted by atomic mass is 16.2. The Morgan fingerprint density at radius 3 is 2.84 bits per heavy atom. The molecule has 1 aromatic carbocycles. The fraction of sp³-hybridized carbons (Fsp3) is 0. The molecule has 0 amide bonds. The summed E-state index contributed by atoms with van der Waals surface area (Å²) in [5, 5.41) is 0. The molecule has 0 saturated heterocycles. The van der Waals surface area contributed by atoms with Crippen LogP contribution in [0.1, 0.15) is 10.5 Å². The largest absolute Gasteiger partial charge is 0.399 e. The molecule has 3 N–H and O–H groups in total. The second kappa shape index (κ2) is 4.09. The normalized spacial score (nSPS) is 10.7. The Hall–Kier alpha value is -2.89. The third-order valence-electron chi connectivity index (χ3n) is 2.79. The number of anilines is 1. The molecule has 0 aliphatic heterocycles. The zero-order valence-corrected chi connectivity index (χ0v) is 9.83. The quantitative estimate of drug-likeness (QED) is 0.633. The first-order valence-electron chi connectivity index (χ1n) is 5.63. The van der Waals surface area contributed by atoms with Crippen molar-refractivity contribution in [3.63, 3.8) is 0 Å². The maximum absolute atomic E-state index is 12.3. The van der Waals surface area contributed by atoms with E-state index >= 15 is 0 Å². The van der Waals surface area contributed by atoms with Gasteiger partial charge in [0.15, 0.2) is 0 Å². The van der Waals surface area contributed by atoms with Gasteiger partial charge in [-0.2, -0.15) is 0 Å². The van der Waals surface area contributed by atoms with Gasteiger partial charge in [0.2, 0.25) is 0 Å². The SMILES string of the molecule is Nc1ccc2c(c1)[nH]c(=O)n2C(=O)c1ccccn1. The van der Waals surface area contributed by atoms with E-state index in [0.717, 1.165) is 4.57 Å². The molecule has 6 heteroatoms. The van der Waals surface area contributed by atoms with E-state index in [1.54, 1.807) is 36.4 Å². The lowest BCUT2D eigenvalue weighted by Gasteiger charge is -2.01. The van der Waals surface area contributed by atoms with Crippen LogP contribution in [0.2, 0.25) is 0 Å². The molecule has 0 fully saturated rings. The molecular weight excluding hydrogens is 244 g/mol. The molecule has 3 rings (SSSR count). The average Bonchev–Trinajstić information content (AvgIpc) is 2.74. The summed E-state index contributed by atoms with van der Waals surface area (Å²) in [5.41, 5.74) is 6.87. The number of hydrogen-bond donors (Lipinski definition) is 2. The summed E-state index contributed by atoms with van der Waals surface area (Å²) in [4.78, 5) is 30.7. The molecule has 6 nitrogen and oxygen atoms in total. The molecule has 19 heavy (non-hydrogen) atoms. The van der Waals surface area contributed by atoms with Crippen LogP contribution in [-0.4, -0.2) is 20.4 Å². The first kappa shape index (κ1) is 11.2. The fourth-order valence-corrected chi connectivity index (χ4v) is 1.93. The minimum Gasteiger partial charge on any atom is -0.399 e. The number of rotatable bonds is 1. The maximum atomic E-state index is 12.3. The lowest BCUT2D eigenvalue weighted by molar-refractivity contribution is 0.0956. The van der Waals surface area contributed by atoms with Crippen molar-refractivity contribution >= 4 is 22.6 Å². The number of aromatic nitrogens is 3. The highest BCUT2D eigenvalue weighted by molar-refractivity contribution is 6.00. The van der Waals surface area contributed by atoms with Gasteiger partial charge < -0.3 is 10.7 Å². The highest BCUT2D eigenvalue weighted by Gasteiger charge is 2.16. The number of carbonyl (C=O) groups is 1. The summed E-state index contributed by atoms with van der Waals surface area (Å²) >= 11 is 0. The van der Waals surface area contributed by atoms with Crippen LogP contribution in [0.4, 0.5) is 5.69 Å². The van der Waals surface area contributed by atoms with Gasteiger partial charge in [-0.1, -0.05) is 6.07 Å². The molecule has 0 unspecified atom stereocenters. The van der Waals surface area contributed by atoms with Gasteiger partial charge in [0.25, 0.3) is 5.91 Å². The number of benzene rings is 1. The van der Waals surface area contributed by atoms with Crippen LogP contribution < -0.4 is 11.4 Å². The van der Waals surface area contributed by atoms with Gasteiger partial charge >= 0.3 is 5.69 Å². The number of pyridine rings is 1. The van der Waals surface area contributed by atoms with Gasteiger partial charge in [-0.3, -0.25) is 9.78 Å². The van der Waals surface area contributed by atoms with Crippen LogP contribution >= 0.6 is 0 Å². The zero-order chi connectivity index (χ0) is 13.4. The molecule has 0 atom stereocenters. The number of nitrogens with zero attached hydrogens (tertiary/aromatic N) is 2. The predicted molar refractivity (Wildman–Crippen MR) is 70.9 cm³/mol. The van der Waals surface area contributed by atoms with E-state index in [-0.39, 0.29) is 5.69 Å². The Morgan fingerprint density at radius 1 is 1.26 bits per heavy atom. The van der Waals surface area contributed by atoms with Crippen molar-refractivity contribution in [1.82, 2.24) is 14.5 Å². The van der Waals surface area contributed by atoms with Gasteiger partial charge in [-0.05, 0) is 30.3 Å². The van der Waals surface area contributed by atoms with Crippen LogP contribution in [0, 0.1) is 0 Å². The lowest BCUT2D eigenvalue weighted by atomic mass is 10.2. The number of H-pyrrole nitrogens is 1. The molecule has 2 aromatic heterocycles. The molecule has 0 saturated carbocycles.